The number of unbranched alkanes of at least 4 members (excludes halogenated alkanes) is 4. The fraction of sp³-hybridized carbons (Fsp3) is 0.764. The summed E-state index contributed by atoms with van der Waals surface area (Å²) in [6, 6.07) is 13.1. The molecule has 0 spiro atoms. The topological polar surface area (TPSA) is 46.2 Å². The van der Waals surface area contributed by atoms with Gasteiger partial charge in [0.25, 0.3) is 0 Å². The van der Waals surface area contributed by atoms with Crippen LogP contribution < -0.4 is 42.5 Å². The Morgan fingerprint density at radius 3 is 1.39 bits per heavy atom. The van der Waals surface area contributed by atoms with Gasteiger partial charge < -0.3 is 41.5 Å². The molecular weight excluding hydrogens is 872 g/mol. The second-order valence-electron chi connectivity index (χ2n) is 20.4. The monoisotopic (exact) mass is 971 g/mol. The molecular formula is C55H98B2Li2O5S3. The standard InChI is InChI=1S/C18H31BO2S.C12H20S.C12H19S.C9H19BO3.C4H9.2Li/c1-7-9-10-14(8-2)13-15-11-12-16(22-15)19-20-17(3,4)18(5,6)21-19;2*1-3-5-7-11(4-2)10-12-8-6-9-13-12;1-7(2)11-10-12-8(3,4)9(5,6)13-10;1-3-4-2;;/h11-12,14H,7-10,13H2,1-6H3;6,8-9,11H,3-5,7,10H2,1-2H3;6,8,11H,3-5,7,10H2,1-2H3;7H,1-6H3;1,3-4H2,2H3;;/q;;-1;;-1;2*+1. The Morgan fingerprint density at radius 2 is 1.03 bits per heavy atom. The van der Waals surface area contributed by atoms with Crippen LogP contribution >= 0.6 is 34.0 Å². The Bertz CT molecular complexity index is 1480. The average molecular weight is 971 g/mol. The van der Waals surface area contributed by atoms with E-state index in [9.17, 15) is 0 Å². The zero-order chi connectivity index (χ0) is 49.1. The van der Waals surface area contributed by atoms with Crippen LogP contribution in [-0.4, -0.2) is 42.9 Å². The van der Waals surface area contributed by atoms with Crippen molar-refractivity contribution in [2.24, 2.45) is 17.8 Å². The minimum absolute atomic E-state index is 0. The van der Waals surface area contributed by atoms with E-state index in [1.807, 2.05) is 70.3 Å². The van der Waals surface area contributed by atoms with E-state index in [4.69, 9.17) is 23.3 Å². The molecule has 0 radical (unpaired) electrons. The summed E-state index contributed by atoms with van der Waals surface area (Å²) in [5.41, 5.74) is -1.11. The van der Waals surface area contributed by atoms with Crippen LogP contribution in [0.3, 0.4) is 0 Å². The van der Waals surface area contributed by atoms with E-state index < -0.39 is 7.32 Å². The van der Waals surface area contributed by atoms with Gasteiger partial charge in [0.1, 0.15) is 0 Å². The molecule has 67 heavy (non-hydrogen) atoms. The summed E-state index contributed by atoms with van der Waals surface area (Å²) in [5, 5.41) is 5.34. The first kappa shape index (κ1) is 69.3. The van der Waals surface area contributed by atoms with Gasteiger partial charge in [0.15, 0.2) is 0 Å². The van der Waals surface area contributed by atoms with Crippen molar-refractivity contribution in [3.8, 4) is 0 Å². The molecule has 2 saturated heterocycles. The third-order valence-corrected chi connectivity index (χ3v) is 16.2. The molecule has 0 aliphatic carbocycles. The first-order valence-corrected chi connectivity index (χ1v) is 28.4. The zero-order valence-corrected chi connectivity index (χ0v) is 49.4. The molecule has 2 aliphatic rings. The Hall–Kier alpha value is 0.225. The van der Waals surface area contributed by atoms with Crippen molar-refractivity contribution in [2.75, 3.05) is 0 Å². The normalized spacial score (nSPS) is 17.5. The molecule has 374 valence electrons. The van der Waals surface area contributed by atoms with Gasteiger partial charge in [-0.1, -0.05) is 150 Å². The van der Waals surface area contributed by atoms with Gasteiger partial charge in [-0.15, -0.1) is 32.9 Å². The van der Waals surface area contributed by atoms with Gasteiger partial charge in [0.05, 0.1) is 22.4 Å². The number of thiophene rings is 3. The molecule has 0 bridgehead atoms. The van der Waals surface area contributed by atoms with E-state index in [-0.39, 0.29) is 73.3 Å². The summed E-state index contributed by atoms with van der Waals surface area (Å²) < 4.78 is 30.2. The smallest absolute Gasteiger partial charge is 0.399 e. The van der Waals surface area contributed by atoms with Crippen LogP contribution in [0.25, 0.3) is 0 Å². The fourth-order valence-corrected chi connectivity index (χ4v) is 9.80. The van der Waals surface area contributed by atoms with Crippen molar-refractivity contribution >= 4 is 53.2 Å². The van der Waals surface area contributed by atoms with Gasteiger partial charge in [-0.3, -0.25) is 0 Å². The zero-order valence-electron chi connectivity index (χ0n) is 47.0. The molecule has 0 amide bonds. The third kappa shape index (κ3) is 27.2. The van der Waals surface area contributed by atoms with Crippen molar-refractivity contribution in [3.05, 3.63) is 68.7 Å². The molecule has 5 rings (SSSR count). The summed E-state index contributed by atoms with van der Waals surface area (Å²) >= 11 is 5.53. The molecule has 3 atom stereocenters. The molecule has 0 saturated carbocycles. The SMILES string of the molecule is CC(C)OB1OC(C)(C)C(C)(C)O1.CCCCC(CC)Cc1cc[c-]s1.CCCCC(CC)Cc1ccc(B2OC(C)(C)C(C)(C)O2)s1.CCCCC(CC)Cc1cccs1.[CH2-]CCC.[Li+].[Li+]. The Labute approximate surface area is 452 Å². The van der Waals surface area contributed by atoms with Crippen LogP contribution in [0, 0.1) is 30.1 Å². The van der Waals surface area contributed by atoms with Crippen molar-refractivity contribution < 1.29 is 61.0 Å². The largest absolute Gasteiger partial charge is 1.00 e. The van der Waals surface area contributed by atoms with Crippen LogP contribution in [-0.2, 0) is 42.5 Å². The number of hydrogen-bond donors (Lipinski definition) is 0. The first-order valence-electron chi connectivity index (χ1n) is 25.9. The van der Waals surface area contributed by atoms with E-state index >= 15 is 0 Å². The maximum Gasteiger partial charge on any atom is 1.00 e. The van der Waals surface area contributed by atoms with Crippen LogP contribution in [0.2, 0.25) is 0 Å². The fourth-order valence-electron chi connectivity index (χ4n) is 7.15. The van der Waals surface area contributed by atoms with Gasteiger partial charge in [0.2, 0.25) is 0 Å². The summed E-state index contributed by atoms with van der Waals surface area (Å²) in [5.74, 6) is 2.62. The molecule has 12 heteroatoms. The maximum absolute atomic E-state index is 6.15. The molecule has 2 aliphatic heterocycles. The predicted molar refractivity (Wildman–Crippen MR) is 291 cm³/mol. The Morgan fingerprint density at radius 1 is 0.597 bits per heavy atom. The molecule has 3 aromatic rings. The van der Waals surface area contributed by atoms with E-state index in [0.29, 0.717) is 0 Å². The maximum atomic E-state index is 6.15. The molecule has 3 unspecified atom stereocenters. The Balaban J connectivity index is 0. The number of hydrogen-bond acceptors (Lipinski definition) is 8. The van der Waals surface area contributed by atoms with Gasteiger partial charge in [-0.25, -0.2) is 6.07 Å². The third-order valence-electron chi connectivity index (χ3n) is 13.3. The molecule has 5 heterocycles. The summed E-state index contributed by atoms with van der Waals surface area (Å²) in [7, 11) is -0.732. The average Bonchev–Trinajstić information content (AvgIpc) is 4.11. The minimum Gasteiger partial charge on any atom is -0.399 e. The predicted octanol–water partition coefficient (Wildman–Crippen LogP) is 11.2. The quantitative estimate of drug-likeness (QED) is 0.0742. The Kier molecular flexibility index (Phi) is 38.3. The van der Waals surface area contributed by atoms with E-state index in [1.54, 1.807) is 16.2 Å². The van der Waals surface area contributed by atoms with E-state index in [0.717, 1.165) is 24.2 Å². The van der Waals surface area contributed by atoms with Crippen LogP contribution in [0.1, 0.15) is 222 Å². The van der Waals surface area contributed by atoms with Gasteiger partial charge in [0, 0.05) is 20.6 Å². The van der Waals surface area contributed by atoms with Crippen molar-refractivity contribution in [2.45, 2.75) is 255 Å². The molecule has 5 nitrogen and oxygen atoms in total. The number of rotatable bonds is 22. The summed E-state index contributed by atoms with van der Waals surface area (Å²) in [6.07, 6.45) is 22.3. The van der Waals surface area contributed by atoms with Crippen LogP contribution in [0.5, 0.6) is 0 Å². The van der Waals surface area contributed by atoms with E-state index in [2.05, 4.69) is 124 Å². The second-order valence-corrected chi connectivity index (χ2v) is 23.6. The van der Waals surface area contributed by atoms with Crippen molar-refractivity contribution in [1.82, 2.24) is 0 Å². The van der Waals surface area contributed by atoms with Crippen molar-refractivity contribution in [1.29, 1.82) is 0 Å². The summed E-state index contributed by atoms with van der Waals surface area (Å²) in [4.78, 5) is 4.53. The summed E-state index contributed by atoms with van der Waals surface area (Å²) in [6.45, 7) is 39.9. The molecule has 2 fully saturated rings. The van der Waals surface area contributed by atoms with Gasteiger partial charge in [-0.2, -0.15) is 12.5 Å². The van der Waals surface area contributed by atoms with Gasteiger partial charge >= 0.3 is 52.2 Å². The molecule has 0 aromatic carbocycles. The van der Waals surface area contributed by atoms with E-state index in [1.165, 1.54) is 117 Å². The van der Waals surface area contributed by atoms with Gasteiger partial charge in [-0.05, 0) is 117 Å². The van der Waals surface area contributed by atoms with Crippen LogP contribution in [0.4, 0.5) is 0 Å². The second kappa shape index (κ2) is 37.0. The molecule has 3 aromatic heterocycles. The first-order chi connectivity index (χ1) is 30.7. The molecule has 0 N–H and O–H groups in total. The minimum atomic E-state index is -0.523. The van der Waals surface area contributed by atoms with Crippen molar-refractivity contribution in [3.63, 3.8) is 0 Å². The van der Waals surface area contributed by atoms with Crippen LogP contribution in [0.15, 0.2) is 41.8 Å².